The molecule has 1 amide bonds. The van der Waals surface area contributed by atoms with Gasteiger partial charge in [-0.1, -0.05) is 24.3 Å². The van der Waals surface area contributed by atoms with E-state index in [9.17, 15) is 9.59 Å². The minimum Gasteiger partial charge on any atom is -0.494 e. The smallest absolute Gasteiger partial charge is 0.420 e. The number of amides is 1. The van der Waals surface area contributed by atoms with Gasteiger partial charge in [0.15, 0.2) is 5.58 Å². The van der Waals surface area contributed by atoms with Gasteiger partial charge in [-0.15, -0.1) is 0 Å². The maximum absolute atomic E-state index is 12.3. The van der Waals surface area contributed by atoms with Gasteiger partial charge in [-0.3, -0.25) is 9.36 Å². The van der Waals surface area contributed by atoms with Gasteiger partial charge in [-0.25, -0.2) is 4.79 Å². The third kappa shape index (κ3) is 3.74. The molecule has 0 fully saturated rings. The highest BCUT2D eigenvalue weighted by Crippen LogP contribution is 2.18. The zero-order valence-corrected chi connectivity index (χ0v) is 14.2. The van der Waals surface area contributed by atoms with E-state index >= 15 is 0 Å². The van der Waals surface area contributed by atoms with Crippen LogP contribution in [0, 0.1) is 0 Å². The molecule has 0 aliphatic heterocycles. The van der Waals surface area contributed by atoms with Gasteiger partial charge >= 0.3 is 5.76 Å². The first-order chi connectivity index (χ1) is 12.1. The predicted octanol–water partition coefficient (Wildman–Crippen LogP) is 2.87. The van der Waals surface area contributed by atoms with E-state index < -0.39 is 5.76 Å². The van der Waals surface area contributed by atoms with Crippen LogP contribution in [0.5, 0.6) is 5.75 Å². The van der Waals surface area contributed by atoms with Crippen LogP contribution in [0.1, 0.15) is 25.5 Å². The molecule has 0 bridgehead atoms. The number of nitrogens with one attached hydrogen (secondary N) is 1. The molecule has 6 heteroatoms. The zero-order chi connectivity index (χ0) is 17.8. The van der Waals surface area contributed by atoms with E-state index in [-0.39, 0.29) is 18.5 Å². The van der Waals surface area contributed by atoms with Crippen LogP contribution in [0.2, 0.25) is 0 Å². The van der Waals surface area contributed by atoms with Gasteiger partial charge in [0.1, 0.15) is 12.3 Å². The lowest BCUT2D eigenvalue weighted by atomic mass is 10.1. The Bertz CT molecular complexity index is 924. The van der Waals surface area contributed by atoms with Crippen molar-refractivity contribution in [3.63, 3.8) is 0 Å². The van der Waals surface area contributed by atoms with Crippen LogP contribution in [0.3, 0.4) is 0 Å². The Labute approximate surface area is 145 Å². The van der Waals surface area contributed by atoms with E-state index in [2.05, 4.69) is 5.32 Å². The Hall–Kier alpha value is -3.02. The number of hydrogen-bond donors (Lipinski definition) is 1. The van der Waals surface area contributed by atoms with Crippen molar-refractivity contribution in [3.05, 3.63) is 64.6 Å². The van der Waals surface area contributed by atoms with Crippen LogP contribution < -0.4 is 15.8 Å². The second-order valence-electron chi connectivity index (χ2n) is 5.71. The molecular formula is C19H20N2O4. The molecule has 1 unspecified atom stereocenters. The van der Waals surface area contributed by atoms with Gasteiger partial charge in [0.2, 0.25) is 5.91 Å². The summed E-state index contributed by atoms with van der Waals surface area (Å²) in [5.74, 6) is 0.00121. The molecule has 25 heavy (non-hydrogen) atoms. The molecular weight excluding hydrogens is 320 g/mol. The molecule has 1 atom stereocenters. The minimum atomic E-state index is -0.537. The summed E-state index contributed by atoms with van der Waals surface area (Å²) in [6.45, 7) is 4.35. The van der Waals surface area contributed by atoms with Gasteiger partial charge in [0, 0.05) is 0 Å². The van der Waals surface area contributed by atoms with Crippen molar-refractivity contribution >= 4 is 17.0 Å². The van der Waals surface area contributed by atoms with E-state index in [1.165, 1.54) is 4.57 Å². The average molecular weight is 340 g/mol. The number of benzene rings is 2. The monoisotopic (exact) mass is 340 g/mol. The topological polar surface area (TPSA) is 73.5 Å². The van der Waals surface area contributed by atoms with Crippen LogP contribution in [0.15, 0.2) is 57.7 Å². The average Bonchev–Trinajstić information content (AvgIpc) is 2.91. The highest BCUT2D eigenvalue weighted by molar-refractivity contribution is 5.79. The number of fused-ring (bicyclic) bond motifs is 1. The quantitative estimate of drug-likeness (QED) is 0.749. The molecule has 3 aromatic rings. The van der Waals surface area contributed by atoms with E-state index in [1.807, 2.05) is 38.1 Å². The highest BCUT2D eigenvalue weighted by Gasteiger charge is 2.14. The Morgan fingerprint density at radius 2 is 1.92 bits per heavy atom. The Morgan fingerprint density at radius 1 is 1.20 bits per heavy atom. The van der Waals surface area contributed by atoms with E-state index in [0.29, 0.717) is 17.7 Å². The first-order valence-corrected chi connectivity index (χ1v) is 8.19. The lowest BCUT2D eigenvalue weighted by Crippen LogP contribution is -2.32. The summed E-state index contributed by atoms with van der Waals surface area (Å²) >= 11 is 0. The first-order valence-electron chi connectivity index (χ1n) is 8.19. The van der Waals surface area contributed by atoms with E-state index in [0.717, 1.165) is 11.3 Å². The third-order valence-corrected chi connectivity index (χ3v) is 3.94. The number of oxazole rings is 1. The number of carbonyl (C=O) groups excluding carboxylic acids is 1. The van der Waals surface area contributed by atoms with Crippen molar-refractivity contribution in [2.75, 3.05) is 6.61 Å². The normalized spacial score (nSPS) is 12.1. The fraction of sp³-hybridized carbons (Fsp3) is 0.263. The molecule has 130 valence electrons. The molecule has 0 aliphatic rings. The number of ether oxygens (including phenoxy) is 1. The summed E-state index contributed by atoms with van der Waals surface area (Å²) in [6.07, 6.45) is 0. The largest absolute Gasteiger partial charge is 0.494 e. The standard InChI is InChI=1S/C19H20N2O4/c1-3-24-15-10-8-14(9-11-15)13(2)20-18(22)12-21-16-6-4-5-7-17(16)25-19(21)23/h4-11,13H,3,12H2,1-2H3,(H,20,22). The molecule has 1 heterocycles. The van der Waals surface area contributed by atoms with Gasteiger partial charge in [0.25, 0.3) is 0 Å². The Kier molecular flexibility index (Phi) is 4.88. The van der Waals surface area contributed by atoms with Crippen molar-refractivity contribution in [3.8, 4) is 5.75 Å². The van der Waals surface area contributed by atoms with Crippen LogP contribution in [0.25, 0.3) is 11.1 Å². The second kappa shape index (κ2) is 7.25. The summed E-state index contributed by atoms with van der Waals surface area (Å²) in [5, 5.41) is 2.90. The summed E-state index contributed by atoms with van der Waals surface area (Å²) < 4.78 is 11.9. The molecule has 0 aliphatic carbocycles. The fourth-order valence-electron chi connectivity index (χ4n) is 2.70. The summed E-state index contributed by atoms with van der Waals surface area (Å²) in [7, 11) is 0. The van der Waals surface area contributed by atoms with E-state index in [1.54, 1.807) is 24.3 Å². The highest BCUT2D eigenvalue weighted by atomic mass is 16.5. The third-order valence-electron chi connectivity index (χ3n) is 3.94. The molecule has 0 radical (unpaired) electrons. The Balaban J connectivity index is 1.69. The molecule has 0 saturated heterocycles. The number of carbonyl (C=O) groups is 1. The molecule has 0 spiro atoms. The minimum absolute atomic E-state index is 0.0861. The molecule has 1 aromatic heterocycles. The van der Waals surface area contributed by atoms with Crippen LogP contribution in [-0.4, -0.2) is 17.1 Å². The number of para-hydroxylation sites is 2. The SMILES string of the molecule is CCOc1ccc(C(C)NC(=O)Cn2c(=O)oc3ccccc32)cc1. The van der Waals surface area contributed by atoms with Gasteiger partial charge in [-0.2, -0.15) is 0 Å². The van der Waals surface area contributed by atoms with Crippen LogP contribution in [0.4, 0.5) is 0 Å². The van der Waals surface area contributed by atoms with Gasteiger partial charge in [-0.05, 0) is 43.7 Å². The van der Waals surface area contributed by atoms with Crippen LogP contribution in [-0.2, 0) is 11.3 Å². The second-order valence-corrected chi connectivity index (χ2v) is 5.71. The summed E-state index contributed by atoms with van der Waals surface area (Å²) in [5.41, 5.74) is 2.04. The molecule has 3 rings (SSSR count). The molecule has 0 saturated carbocycles. The maximum atomic E-state index is 12.3. The maximum Gasteiger partial charge on any atom is 0.420 e. The van der Waals surface area contributed by atoms with Crippen LogP contribution >= 0.6 is 0 Å². The van der Waals surface area contributed by atoms with Crippen molar-refractivity contribution < 1.29 is 13.9 Å². The lowest BCUT2D eigenvalue weighted by molar-refractivity contribution is -0.122. The lowest BCUT2D eigenvalue weighted by Gasteiger charge is -2.15. The first kappa shape index (κ1) is 16.8. The van der Waals surface area contributed by atoms with Crippen molar-refractivity contribution in [1.82, 2.24) is 9.88 Å². The molecule has 2 aromatic carbocycles. The molecule has 6 nitrogen and oxygen atoms in total. The van der Waals surface area contributed by atoms with Gasteiger partial charge in [0.05, 0.1) is 18.2 Å². The Morgan fingerprint density at radius 3 is 2.64 bits per heavy atom. The van der Waals surface area contributed by atoms with Crippen molar-refractivity contribution in [2.45, 2.75) is 26.4 Å². The summed E-state index contributed by atoms with van der Waals surface area (Å²) in [4.78, 5) is 24.3. The van der Waals surface area contributed by atoms with E-state index in [4.69, 9.17) is 9.15 Å². The number of nitrogens with zero attached hydrogens (tertiary/aromatic N) is 1. The van der Waals surface area contributed by atoms with Gasteiger partial charge < -0.3 is 14.5 Å². The number of rotatable bonds is 6. The number of aromatic nitrogens is 1. The predicted molar refractivity (Wildman–Crippen MR) is 94.6 cm³/mol. The number of hydrogen-bond acceptors (Lipinski definition) is 4. The zero-order valence-electron chi connectivity index (χ0n) is 14.2. The van der Waals surface area contributed by atoms with Crippen molar-refractivity contribution in [1.29, 1.82) is 0 Å². The summed E-state index contributed by atoms with van der Waals surface area (Å²) in [6, 6.07) is 14.4. The van der Waals surface area contributed by atoms with Crippen molar-refractivity contribution in [2.24, 2.45) is 0 Å². The fourth-order valence-corrected chi connectivity index (χ4v) is 2.70. The molecule has 1 N–H and O–H groups in total.